The van der Waals surface area contributed by atoms with E-state index < -0.39 is 12.1 Å². The van der Waals surface area contributed by atoms with Crippen LogP contribution >= 0.6 is 0 Å². The predicted octanol–water partition coefficient (Wildman–Crippen LogP) is 1.90. The fourth-order valence-corrected chi connectivity index (χ4v) is 1.65. The monoisotopic (exact) mass is 263 g/mol. The molecule has 3 N–H and O–H groups in total. The molecule has 0 radical (unpaired) electrons. The van der Waals surface area contributed by atoms with E-state index in [2.05, 4.69) is 22.9 Å². The summed E-state index contributed by atoms with van der Waals surface area (Å²) in [5.41, 5.74) is 2.13. The number of nitrogens with one attached hydrogen (secondary N) is 3. The first-order chi connectivity index (χ1) is 9.06. The van der Waals surface area contributed by atoms with Crippen molar-refractivity contribution in [1.29, 1.82) is 0 Å². The van der Waals surface area contributed by atoms with E-state index in [9.17, 15) is 9.59 Å². The number of carbonyl (C=O) groups is 2. The van der Waals surface area contributed by atoms with Gasteiger partial charge in [-0.3, -0.25) is 10.1 Å². The summed E-state index contributed by atoms with van der Waals surface area (Å²) in [6.45, 7) is 3.84. The van der Waals surface area contributed by atoms with Crippen LogP contribution in [-0.4, -0.2) is 25.0 Å². The Balaban J connectivity index is 2.53. The molecule has 0 aliphatic heterocycles. The average molecular weight is 263 g/mol. The van der Waals surface area contributed by atoms with Gasteiger partial charge in [-0.15, -0.1) is 0 Å². The van der Waals surface area contributed by atoms with Gasteiger partial charge >= 0.3 is 6.03 Å². The first-order valence-corrected chi connectivity index (χ1v) is 6.44. The molecule has 0 saturated carbocycles. The first-order valence-electron chi connectivity index (χ1n) is 6.44. The molecule has 19 heavy (non-hydrogen) atoms. The van der Waals surface area contributed by atoms with E-state index in [0.717, 1.165) is 18.5 Å². The van der Waals surface area contributed by atoms with E-state index in [0.29, 0.717) is 0 Å². The second-order valence-corrected chi connectivity index (χ2v) is 4.38. The summed E-state index contributed by atoms with van der Waals surface area (Å²) in [6, 6.07) is 6.97. The van der Waals surface area contributed by atoms with Gasteiger partial charge in [-0.2, -0.15) is 0 Å². The molecule has 104 valence electrons. The highest BCUT2D eigenvalue weighted by Crippen LogP contribution is 2.12. The molecule has 0 aliphatic rings. The summed E-state index contributed by atoms with van der Waals surface area (Å²) in [5.74, 6) is -0.364. The van der Waals surface area contributed by atoms with Gasteiger partial charge in [0, 0.05) is 12.7 Å². The standard InChI is InChI=1S/C14H21N3O2/c1-4-5-11-6-8-12(9-7-11)16-10(2)13(18)17-14(19)15-3/h6-10,16H,4-5H2,1-3H3,(H2,15,17,18,19)/t10-/m0/s1. The summed E-state index contributed by atoms with van der Waals surface area (Å²) >= 11 is 0. The van der Waals surface area contributed by atoms with Crippen molar-refractivity contribution in [3.8, 4) is 0 Å². The number of anilines is 1. The number of imide groups is 1. The van der Waals surface area contributed by atoms with Crippen LogP contribution in [0.3, 0.4) is 0 Å². The van der Waals surface area contributed by atoms with Crippen molar-refractivity contribution in [2.45, 2.75) is 32.7 Å². The fraction of sp³-hybridized carbons (Fsp3) is 0.429. The number of aryl methyl sites for hydroxylation is 1. The van der Waals surface area contributed by atoms with E-state index in [-0.39, 0.29) is 5.91 Å². The van der Waals surface area contributed by atoms with Crippen molar-refractivity contribution in [2.75, 3.05) is 12.4 Å². The molecule has 1 rings (SSSR count). The Hall–Kier alpha value is -2.04. The van der Waals surface area contributed by atoms with Gasteiger partial charge in [0.05, 0.1) is 0 Å². The molecule has 0 spiro atoms. The van der Waals surface area contributed by atoms with Gasteiger partial charge in [0.15, 0.2) is 0 Å². The number of rotatable bonds is 5. The molecule has 1 aromatic carbocycles. The molecule has 0 heterocycles. The Bertz CT molecular complexity index is 429. The van der Waals surface area contributed by atoms with Crippen LogP contribution in [0.4, 0.5) is 10.5 Å². The molecule has 0 saturated heterocycles. The first kappa shape index (κ1) is 15.0. The summed E-state index contributed by atoms with van der Waals surface area (Å²) in [5, 5.41) is 7.62. The zero-order valence-corrected chi connectivity index (χ0v) is 11.6. The minimum Gasteiger partial charge on any atom is -0.374 e. The van der Waals surface area contributed by atoms with E-state index >= 15 is 0 Å². The molecule has 0 aliphatic carbocycles. The second-order valence-electron chi connectivity index (χ2n) is 4.38. The number of hydrogen-bond donors (Lipinski definition) is 3. The Morgan fingerprint density at radius 1 is 1.21 bits per heavy atom. The summed E-state index contributed by atoms with van der Waals surface area (Å²) in [7, 11) is 1.47. The van der Waals surface area contributed by atoms with Crippen LogP contribution in [-0.2, 0) is 11.2 Å². The molecule has 1 aromatic rings. The van der Waals surface area contributed by atoms with Crippen molar-refractivity contribution < 1.29 is 9.59 Å². The summed E-state index contributed by atoms with van der Waals surface area (Å²) in [6.07, 6.45) is 2.16. The Kier molecular flexibility index (Phi) is 5.85. The molecule has 0 unspecified atom stereocenters. The third-order valence-electron chi connectivity index (χ3n) is 2.73. The lowest BCUT2D eigenvalue weighted by Gasteiger charge is -2.14. The minimum atomic E-state index is -0.503. The highest BCUT2D eigenvalue weighted by molar-refractivity contribution is 5.97. The Morgan fingerprint density at radius 2 is 1.84 bits per heavy atom. The Labute approximate surface area is 113 Å². The lowest BCUT2D eigenvalue weighted by molar-refractivity contribution is -0.120. The number of amides is 3. The maximum Gasteiger partial charge on any atom is 0.321 e. The van der Waals surface area contributed by atoms with E-state index in [4.69, 9.17) is 0 Å². The van der Waals surface area contributed by atoms with Crippen LogP contribution in [0.1, 0.15) is 25.8 Å². The molecule has 3 amide bonds. The number of urea groups is 1. The van der Waals surface area contributed by atoms with Crippen molar-refractivity contribution in [3.63, 3.8) is 0 Å². The van der Waals surface area contributed by atoms with Crippen LogP contribution in [0, 0.1) is 0 Å². The van der Waals surface area contributed by atoms with Gasteiger partial charge in [0.2, 0.25) is 5.91 Å². The SMILES string of the molecule is CCCc1ccc(N[C@@H](C)C(=O)NC(=O)NC)cc1. The quantitative estimate of drug-likeness (QED) is 0.760. The van der Waals surface area contributed by atoms with Crippen molar-refractivity contribution >= 4 is 17.6 Å². The minimum absolute atomic E-state index is 0.364. The zero-order chi connectivity index (χ0) is 14.3. The maximum atomic E-state index is 11.7. The van der Waals surface area contributed by atoms with E-state index in [1.807, 2.05) is 24.3 Å². The molecule has 0 aromatic heterocycles. The lowest BCUT2D eigenvalue weighted by atomic mass is 10.1. The van der Waals surface area contributed by atoms with Gasteiger partial charge in [0.1, 0.15) is 6.04 Å². The number of carbonyl (C=O) groups excluding carboxylic acids is 2. The van der Waals surface area contributed by atoms with Crippen LogP contribution in [0.2, 0.25) is 0 Å². The summed E-state index contributed by atoms with van der Waals surface area (Å²) in [4.78, 5) is 22.7. The van der Waals surface area contributed by atoms with Crippen molar-refractivity contribution in [1.82, 2.24) is 10.6 Å². The third-order valence-corrected chi connectivity index (χ3v) is 2.73. The highest BCUT2D eigenvalue weighted by Gasteiger charge is 2.14. The topological polar surface area (TPSA) is 70.2 Å². The molecule has 1 atom stereocenters. The average Bonchev–Trinajstić information content (AvgIpc) is 2.41. The van der Waals surface area contributed by atoms with Gasteiger partial charge in [-0.25, -0.2) is 4.79 Å². The van der Waals surface area contributed by atoms with Gasteiger partial charge in [-0.05, 0) is 31.0 Å². The largest absolute Gasteiger partial charge is 0.374 e. The lowest BCUT2D eigenvalue weighted by Crippen LogP contribution is -2.44. The number of hydrogen-bond acceptors (Lipinski definition) is 3. The predicted molar refractivity (Wildman–Crippen MR) is 76.1 cm³/mol. The molecule has 5 nitrogen and oxygen atoms in total. The molecular formula is C14H21N3O2. The van der Waals surface area contributed by atoms with Gasteiger partial charge in [0.25, 0.3) is 0 Å². The van der Waals surface area contributed by atoms with Gasteiger partial charge in [-0.1, -0.05) is 25.5 Å². The van der Waals surface area contributed by atoms with E-state index in [1.54, 1.807) is 6.92 Å². The van der Waals surface area contributed by atoms with Crippen LogP contribution in [0.5, 0.6) is 0 Å². The highest BCUT2D eigenvalue weighted by atomic mass is 16.2. The smallest absolute Gasteiger partial charge is 0.321 e. The van der Waals surface area contributed by atoms with Crippen LogP contribution in [0.25, 0.3) is 0 Å². The molecule has 5 heteroatoms. The molecule has 0 bridgehead atoms. The maximum absolute atomic E-state index is 11.7. The summed E-state index contributed by atoms with van der Waals surface area (Å²) < 4.78 is 0. The second kappa shape index (κ2) is 7.41. The Morgan fingerprint density at radius 3 is 2.37 bits per heavy atom. The normalized spacial score (nSPS) is 11.5. The number of benzene rings is 1. The zero-order valence-electron chi connectivity index (χ0n) is 11.6. The van der Waals surface area contributed by atoms with Gasteiger partial charge < -0.3 is 10.6 Å². The fourth-order valence-electron chi connectivity index (χ4n) is 1.65. The van der Waals surface area contributed by atoms with Crippen LogP contribution in [0.15, 0.2) is 24.3 Å². The van der Waals surface area contributed by atoms with Crippen LogP contribution < -0.4 is 16.0 Å². The van der Waals surface area contributed by atoms with E-state index in [1.165, 1.54) is 12.6 Å². The third kappa shape index (κ3) is 4.99. The van der Waals surface area contributed by atoms with Crippen molar-refractivity contribution in [3.05, 3.63) is 29.8 Å². The molecular weight excluding hydrogens is 242 g/mol. The molecule has 0 fully saturated rings. The van der Waals surface area contributed by atoms with Crippen molar-refractivity contribution in [2.24, 2.45) is 0 Å².